The van der Waals surface area contributed by atoms with E-state index in [9.17, 15) is 4.79 Å². The number of carbonyl (C=O) groups is 1. The number of carboxylic acids is 1. The highest BCUT2D eigenvalue weighted by Gasteiger charge is 2.18. The summed E-state index contributed by atoms with van der Waals surface area (Å²) in [5, 5.41) is 9.89. The van der Waals surface area contributed by atoms with Crippen LogP contribution in [0.3, 0.4) is 0 Å². The zero-order valence-corrected chi connectivity index (χ0v) is 11.1. The van der Waals surface area contributed by atoms with Gasteiger partial charge in [-0.15, -0.1) is 0 Å². The molecule has 102 valence electrons. The highest BCUT2D eigenvalue weighted by Crippen LogP contribution is 2.27. The topological polar surface area (TPSA) is 76.5 Å². The van der Waals surface area contributed by atoms with E-state index < -0.39 is 5.97 Å². The first-order chi connectivity index (χ1) is 9.13. The van der Waals surface area contributed by atoms with E-state index in [4.69, 9.17) is 15.3 Å². The number of aryl methyl sites for hydroxylation is 1. The lowest BCUT2D eigenvalue weighted by Crippen LogP contribution is -2.15. The molecule has 4 heteroatoms. The molecule has 0 fully saturated rings. The molecule has 0 saturated heterocycles. The Hall–Kier alpha value is -1.81. The van der Waals surface area contributed by atoms with Crippen LogP contribution in [0.2, 0.25) is 0 Å². The van der Waals surface area contributed by atoms with Gasteiger partial charge in [0, 0.05) is 17.8 Å². The molecule has 1 aromatic heterocycles. The van der Waals surface area contributed by atoms with Gasteiger partial charge in [0.15, 0.2) is 0 Å². The van der Waals surface area contributed by atoms with Gasteiger partial charge in [-0.1, -0.05) is 19.4 Å². The minimum Gasteiger partial charge on any atom is -0.481 e. The van der Waals surface area contributed by atoms with Gasteiger partial charge in [0.2, 0.25) is 0 Å². The molecule has 2 aromatic rings. The van der Waals surface area contributed by atoms with E-state index in [1.54, 1.807) is 0 Å². The van der Waals surface area contributed by atoms with Crippen LogP contribution in [0, 0.1) is 0 Å². The number of fused-ring (bicyclic) bond motifs is 1. The molecule has 1 heterocycles. The molecule has 0 bridgehead atoms. The zero-order chi connectivity index (χ0) is 13.8. The van der Waals surface area contributed by atoms with Crippen molar-refractivity contribution in [2.24, 2.45) is 5.73 Å². The van der Waals surface area contributed by atoms with Crippen LogP contribution in [-0.2, 0) is 11.2 Å². The van der Waals surface area contributed by atoms with Crippen LogP contribution < -0.4 is 5.73 Å². The summed E-state index contributed by atoms with van der Waals surface area (Å²) >= 11 is 0. The number of aliphatic carboxylic acids is 1. The number of carboxylic acid groups (broad SMARTS) is 1. The van der Waals surface area contributed by atoms with Crippen molar-refractivity contribution in [1.82, 2.24) is 0 Å². The summed E-state index contributed by atoms with van der Waals surface area (Å²) in [6.45, 7) is 2.41. The lowest BCUT2D eigenvalue weighted by Gasteiger charge is -2.07. The molecule has 0 aliphatic rings. The molecule has 1 aromatic carbocycles. The van der Waals surface area contributed by atoms with Crippen molar-refractivity contribution in [3.63, 3.8) is 0 Å². The highest BCUT2D eigenvalue weighted by atomic mass is 16.4. The molecule has 2 rings (SSSR count). The van der Waals surface area contributed by atoms with Crippen molar-refractivity contribution in [3.05, 3.63) is 35.6 Å². The summed E-state index contributed by atoms with van der Waals surface area (Å²) in [4.78, 5) is 10.8. The van der Waals surface area contributed by atoms with Crippen LogP contribution in [0.4, 0.5) is 0 Å². The summed E-state index contributed by atoms with van der Waals surface area (Å²) in [5.74, 6) is -0.462. The second-order valence-corrected chi connectivity index (χ2v) is 4.80. The monoisotopic (exact) mass is 261 g/mol. The number of rotatable bonds is 6. The Morgan fingerprint density at radius 2 is 2.21 bits per heavy atom. The van der Waals surface area contributed by atoms with Gasteiger partial charge in [-0.3, -0.25) is 4.79 Å². The maximum absolute atomic E-state index is 10.8. The Kier molecular flexibility index (Phi) is 4.22. The molecule has 0 spiro atoms. The minimum atomic E-state index is -0.859. The van der Waals surface area contributed by atoms with Crippen LogP contribution in [0.25, 0.3) is 11.0 Å². The zero-order valence-electron chi connectivity index (χ0n) is 11.1. The molecular formula is C15H19NO3. The van der Waals surface area contributed by atoms with Crippen LogP contribution in [0.1, 0.15) is 37.0 Å². The molecule has 0 radical (unpaired) electrons. The SMILES string of the molecule is CCCc1ccc2oc(C(CN)CC(=O)O)cc2c1. The lowest BCUT2D eigenvalue weighted by molar-refractivity contribution is -0.137. The second kappa shape index (κ2) is 5.89. The Bertz CT molecular complexity index is 574. The smallest absolute Gasteiger partial charge is 0.304 e. The van der Waals surface area contributed by atoms with Gasteiger partial charge in [-0.05, 0) is 30.2 Å². The van der Waals surface area contributed by atoms with Crippen molar-refractivity contribution in [2.45, 2.75) is 32.1 Å². The Balaban J connectivity index is 2.31. The first-order valence-corrected chi connectivity index (χ1v) is 6.58. The maximum atomic E-state index is 10.8. The third kappa shape index (κ3) is 3.15. The second-order valence-electron chi connectivity index (χ2n) is 4.80. The van der Waals surface area contributed by atoms with Crippen molar-refractivity contribution >= 4 is 16.9 Å². The number of furan rings is 1. The molecule has 0 saturated carbocycles. The molecular weight excluding hydrogens is 242 g/mol. The van der Waals surface area contributed by atoms with E-state index in [-0.39, 0.29) is 18.9 Å². The Morgan fingerprint density at radius 1 is 1.42 bits per heavy atom. The van der Waals surface area contributed by atoms with Gasteiger partial charge >= 0.3 is 5.97 Å². The number of hydrogen-bond donors (Lipinski definition) is 2. The fraction of sp³-hybridized carbons (Fsp3) is 0.400. The largest absolute Gasteiger partial charge is 0.481 e. The van der Waals surface area contributed by atoms with Crippen LogP contribution >= 0.6 is 0 Å². The van der Waals surface area contributed by atoms with Crippen LogP contribution in [0.15, 0.2) is 28.7 Å². The first kappa shape index (κ1) is 13.6. The van der Waals surface area contributed by atoms with Gasteiger partial charge in [0.05, 0.1) is 6.42 Å². The summed E-state index contributed by atoms with van der Waals surface area (Å²) in [6, 6.07) is 8.00. The van der Waals surface area contributed by atoms with Gasteiger partial charge < -0.3 is 15.3 Å². The Labute approximate surface area is 112 Å². The highest BCUT2D eigenvalue weighted by molar-refractivity contribution is 5.79. The van der Waals surface area contributed by atoms with E-state index in [1.807, 2.05) is 18.2 Å². The van der Waals surface area contributed by atoms with Gasteiger partial charge in [0.25, 0.3) is 0 Å². The first-order valence-electron chi connectivity index (χ1n) is 6.58. The molecule has 1 atom stereocenters. The predicted octanol–water partition coefficient (Wildman–Crippen LogP) is 2.90. The quantitative estimate of drug-likeness (QED) is 0.838. The van der Waals surface area contributed by atoms with Gasteiger partial charge in [0.1, 0.15) is 11.3 Å². The number of benzene rings is 1. The van der Waals surface area contributed by atoms with E-state index in [0.717, 1.165) is 23.8 Å². The molecule has 0 aliphatic heterocycles. The fourth-order valence-corrected chi connectivity index (χ4v) is 2.27. The standard InChI is InChI=1S/C15H19NO3/c1-2-3-10-4-5-13-11(6-10)7-14(19-13)12(9-16)8-15(17)18/h4-7,12H,2-3,8-9,16H2,1H3,(H,17,18). The van der Waals surface area contributed by atoms with E-state index in [2.05, 4.69) is 13.0 Å². The van der Waals surface area contributed by atoms with Crippen molar-refractivity contribution < 1.29 is 14.3 Å². The van der Waals surface area contributed by atoms with Gasteiger partial charge in [-0.25, -0.2) is 0 Å². The van der Waals surface area contributed by atoms with E-state index >= 15 is 0 Å². The van der Waals surface area contributed by atoms with Gasteiger partial charge in [-0.2, -0.15) is 0 Å². The molecule has 4 nitrogen and oxygen atoms in total. The average molecular weight is 261 g/mol. The third-order valence-corrected chi connectivity index (χ3v) is 3.25. The van der Waals surface area contributed by atoms with Crippen molar-refractivity contribution in [2.75, 3.05) is 6.54 Å². The normalized spacial score (nSPS) is 12.7. The number of nitrogens with two attached hydrogens (primary N) is 1. The van der Waals surface area contributed by atoms with Crippen LogP contribution in [0.5, 0.6) is 0 Å². The summed E-state index contributed by atoms with van der Waals surface area (Å²) in [6.07, 6.45) is 2.13. The van der Waals surface area contributed by atoms with E-state index in [0.29, 0.717) is 5.76 Å². The fourth-order valence-electron chi connectivity index (χ4n) is 2.27. The van der Waals surface area contributed by atoms with E-state index in [1.165, 1.54) is 5.56 Å². The Morgan fingerprint density at radius 3 is 2.84 bits per heavy atom. The minimum absolute atomic E-state index is 0.00185. The average Bonchev–Trinajstić information content (AvgIpc) is 2.79. The summed E-state index contributed by atoms with van der Waals surface area (Å²) in [5.41, 5.74) is 7.69. The third-order valence-electron chi connectivity index (χ3n) is 3.25. The number of hydrogen-bond acceptors (Lipinski definition) is 3. The summed E-state index contributed by atoms with van der Waals surface area (Å²) < 4.78 is 5.71. The molecule has 19 heavy (non-hydrogen) atoms. The lowest BCUT2D eigenvalue weighted by atomic mass is 10.0. The summed E-state index contributed by atoms with van der Waals surface area (Å²) in [7, 11) is 0. The molecule has 3 N–H and O–H groups in total. The van der Waals surface area contributed by atoms with Crippen molar-refractivity contribution in [1.29, 1.82) is 0 Å². The molecule has 0 aliphatic carbocycles. The molecule has 0 amide bonds. The predicted molar refractivity (Wildman–Crippen MR) is 74.3 cm³/mol. The van der Waals surface area contributed by atoms with Crippen LogP contribution in [-0.4, -0.2) is 17.6 Å². The van der Waals surface area contributed by atoms with Crippen molar-refractivity contribution in [3.8, 4) is 0 Å². The maximum Gasteiger partial charge on any atom is 0.304 e. The molecule has 1 unspecified atom stereocenters.